The molecule has 15 heavy (non-hydrogen) atoms. The SMILES string of the molecule is CC(=O)[C@H]1C[C@@H]1c1ccc(C(N)=O)cc1. The number of amides is 1. The van der Waals surface area contributed by atoms with Crippen molar-refractivity contribution < 1.29 is 9.59 Å². The lowest BCUT2D eigenvalue weighted by Gasteiger charge is -2.00. The Hall–Kier alpha value is -1.64. The summed E-state index contributed by atoms with van der Waals surface area (Å²) in [6, 6.07) is 7.20. The van der Waals surface area contributed by atoms with Crippen LogP contribution in [0.4, 0.5) is 0 Å². The van der Waals surface area contributed by atoms with Crippen LogP contribution in [0.15, 0.2) is 24.3 Å². The third-order valence-electron chi connectivity index (χ3n) is 2.94. The zero-order valence-electron chi connectivity index (χ0n) is 8.57. The highest BCUT2D eigenvalue weighted by molar-refractivity contribution is 5.92. The van der Waals surface area contributed by atoms with Gasteiger partial charge in [-0.15, -0.1) is 0 Å². The van der Waals surface area contributed by atoms with E-state index in [1.165, 1.54) is 0 Å². The van der Waals surface area contributed by atoms with E-state index in [0.717, 1.165) is 12.0 Å². The van der Waals surface area contributed by atoms with E-state index < -0.39 is 5.91 Å². The molecule has 0 bridgehead atoms. The molecule has 0 saturated heterocycles. The van der Waals surface area contributed by atoms with Crippen LogP contribution in [-0.4, -0.2) is 11.7 Å². The molecule has 78 valence electrons. The molecule has 2 N–H and O–H groups in total. The first-order valence-corrected chi connectivity index (χ1v) is 5.00. The summed E-state index contributed by atoms with van der Waals surface area (Å²) in [4.78, 5) is 21.9. The molecule has 3 nitrogen and oxygen atoms in total. The first kappa shape index (κ1) is 9.90. The van der Waals surface area contributed by atoms with E-state index in [-0.39, 0.29) is 11.7 Å². The summed E-state index contributed by atoms with van der Waals surface area (Å²) in [5, 5.41) is 0. The third kappa shape index (κ3) is 1.91. The number of primary amides is 1. The van der Waals surface area contributed by atoms with Crippen molar-refractivity contribution in [2.45, 2.75) is 19.3 Å². The Morgan fingerprint density at radius 2 is 1.87 bits per heavy atom. The summed E-state index contributed by atoms with van der Waals surface area (Å²) in [6.07, 6.45) is 0.936. The fourth-order valence-corrected chi connectivity index (χ4v) is 1.91. The molecule has 0 heterocycles. The van der Waals surface area contributed by atoms with Crippen LogP contribution in [0.2, 0.25) is 0 Å². The molecule has 1 aliphatic rings. The van der Waals surface area contributed by atoms with Crippen molar-refractivity contribution in [3.63, 3.8) is 0 Å². The molecule has 3 heteroatoms. The van der Waals surface area contributed by atoms with Crippen LogP contribution in [0.25, 0.3) is 0 Å². The van der Waals surface area contributed by atoms with Crippen molar-refractivity contribution >= 4 is 11.7 Å². The molecule has 1 amide bonds. The summed E-state index contributed by atoms with van der Waals surface area (Å²) < 4.78 is 0. The Morgan fingerprint density at radius 1 is 1.27 bits per heavy atom. The Balaban J connectivity index is 2.12. The van der Waals surface area contributed by atoms with Crippen LogP contribution in [-0.2, 0) is 4.79 Å². The highest BCUT2D eigenvalue weighted by Crippen LogP contribution is 2.47. The largest absolute Gasteiger partial charge is 0.366 e. The maximum absolute atomic E-state index is 11.1. The second kappa shape index (κ2) is 3.50. The summed E-state index contributed by atoms with van der Waals surface area (Å²) in [5.74, 6) is 0.369. The van der Waals surface area contributed by atoms with Gasteiger partial charge in [0.15, 0.2) is 0 Å². The smallest absolute Gasteiger partial charge is 0.248 e. The van der Waals surface area contributed by atoms with Crippen molar-refractivity contribution in [1.82, 2.24) is 0 Å². The average molecular weight is 203 g/mol. The van der Waals surface area contributed by atoms with Crippen LogP contribution in [0.5, 0.6) is 0 Å². The van der Waals surface area contributed by atoms with E-state index in [9.17, 15) is 9.59 Å². The molecule has 0 unspecified atom stereocenters. The lowest BCUT2D eigenvalue weighted by Crippen LogP contribution is -2.10. The molecule has 1 aromatic carbocycles. The van der Waals surface area contributed by atoms with Crippen LogP contribution < -0.4 is 5.73 Å². The molecular formula is C12H13NO2. The molecule has 1 fully saturated rings. The molecule has 2 rings (SSSR count). The minimum Gasteiger partial charge on any atom is -0.366 e. The minimum atomic E-state index is -0.416. The minimum absolute atomic E-state index is 0.185. The van der Waals surface area contributed by atoms with Crippen molar-refractivity contribution in [3.8, 4) is 0 Å². The highest BCUT2D eigenvalue weighted by atomic mass is 16.1. The number of hydrogen-bond acceptors (Lipinski definition) is 2. The zero-order chi connectivity index (χ0) is 11.0. The molecule has 0 aromatic heterocycles. The summed E-state index contributed by atoms with van der Waals surface area (Å²) in [5.41, 5.74) is 6.78. The Bertz CT molecular complexity index is 408. The lowest BCUT2D eigenvalue weighted by molar-refractivity contribution is -0.118. The first-order valence-electron chi connectivity index (χ1n) is 5.00. The summed E-state index contributed by atoms with van der Waals surface area (Å²) in [7, 11) is 0. The van der Waals surface area contributed by atoms with E-state index in [2.05, 4.69) is 0 Å². The quantitative estimate of drug-likeness (QED) is 0.808. The number of Topliss-reactive ketones (excluding diaryl/α,β-unsaturated/α-hetero) is 1. The molecule has 0 spiro atoms. The summed E-state index contributed by atoms with van der Waals surface area (Å²) >= 11 is 0. The Labute approximate surface area is 88.3 Å². The van der Waals surface area contributed by atoms with Gasteiger partial charge >= 0.3 is 0 Å². The van der Waals surface area contributed by atoms with Crippen LogP contribution in [0.3, 0.4) is 0 Å². The molecule has 1 saturated carbocycles. The average Bonchev–Trinajstić information content (AvgIpc) is 2.97. The molecule has 1 aliphatic carbocycles. The summed E-state index contributed by atoms with van der Waals surface area (Å²) in [6.45, 7) is 1.63. The van der Waals surface area contributed by atoms with Crippen LogP contribution in [0, 0.1) is 5.92 Å². The first-order chi connectivity index (χ1) is 7.09. The van der Waals surface area contributed by atoms with Crippen molar-refractivity contribution in [1.29, 1.82) is 0 Å². The molecule has 2 atom stereocenters. The van der Waals surface area contributed by atoms with Gasteiger partial charge in [0.05, 0.1) is 0 Å². The van der Waals surface area contributed by atoms with Gasteiger partial charge in [0.1, 0.15) is 5.78 Å². The number of hydrogen-bond donors (Lipinski definition) is 1. The maximum Gasteiger partial charge on any atom is 0.248 e. The fraction of sp³-hybridized carbons (Fsp3) is 0.333. The maximum atomic E-state index is 11.1. The van der Waals surface area contributed by atoms with E-state index in [4.69, 9.17) is 5.73 Å². The van der Waals surface area contributed by atoms with Gasteiger partial charge in [-0.1, -0.05) is 12.1 Å². The number of benzene rings is 1. The number of carbonyl (C=O) groups is 2. The van der Waals surface area contributed by atoms with Crippen molar-refractivity contribution in [3.05, 3.63) is 35.4 Å². The number of rotatable bonds is 3. The van der Waals surface area contributed by atoms with Crippen molar-refractivity contribution in [2.75, 3.05) is 0 Å². The topological polar surface area (TPSA) is 60.2 Å². The number of ketones is 1. The second-order valence-corrected chi connectivity index (χ2v) is 4.05. The van der Waals surface area contributed by atoms with Gasteiger partial charge in [-0.05, 0) is 37.0 Å². The fourth-order valence-electron chi connectivity index (χ4n) is 1.91. The van der Waals surface area contributed by atoms with Gasteiger partial charge in [-0.3, -0.25) is 9.59 Å². The molecular weight excluding hydrogens is 190 g/mol. The highest BCUT2D eigenvalue weighted by Gasteiger charge is 2.41. The molecule has 0 aliphatic heterocycles. The van der Waals surface area contributed by atoms with Gasteiger partial charge in [0.2, 0.25) is 5.91 Å². The Kier molecular flexibility index (Phi) is 2.31. The van der Waals surface area contributed by atoms with E-state index in [0.29, 0.717) is 11.5 Å². The van der Waals surface area contributed by atoms with E-state index in [1.807, 2.05) is 12.1 Å². The predicted octanol–water partition coefficient (Wildman–Crippen LogP) is 1.48. The van der Waals surface area contributed by atoms with Crippen LogP contribution >= 0.6 is 0 Å². The number of nitrogens with two attached hydrogens (primary N) is 1. The molecule has 0 radical (unpaired) electrons. The number of carbonyl (C=O) groups excluding carboxylic acids is 2. The Morgan fingerprint density at radius 3 is 2.27 bits per heavy atom. The van der Waals surface area contributed by atoms with Gasteiger partial charge in [-0.2, -0.15) is 0 Å². The van der Waals surface area contributed by atoms with Crippen molar-refractivity contribution in [2.24, 2.45) is 11.7 Å². The zero-order valence-corrected chi connectivity index (χ0v) is 8.57. The van der Waals surface area contributed by atoms with E-state index >= 15 is 0 Å². The predicted molar refractivity (Wildman–Crippen MR) is 56.5 cm³/mol. The van der Waals surface area contributed by atoms with Gasteiger partial charge in [0, 0.05) is 11.5 Å². The second-order valence-electron chi connectivity index (χ2n) is 4.05. The third-order valence-corrected chi connectivity index (χ3v) is 2.94. The standard InChI is InChI=1S/C12H13NO2/c1-7(14)10-6-11(10)8-2-4-9(5-3-8)12(13)15/h2-5,10-11H,6H2,1H3,(H2,13,15)/t10-,11-/m1/s1. The van der Waals surface area contributed by atoms with Gasteiger partial charge < -0.3 is 5.73 Å². The van der Waals surface area contributed by atoms with Gasteiger partial charge in [-0.25, -0.2) is 0 Å². The lowest BCUT2D eigenvalue weighted by atomic mass is 10.1. The van der Waals surface area contributed by atoms with E-state index in [1.54, 1.807) is 19.1 Å². The normalized spacial score (nSPS) is 23.5. The van der Waals surface area contributed by atoms with Gasteiger partial charge in [0.25, 0.3) is 0 Å². The molecule has 1 aromatic rings. The van der Waals surface area contributed by atoms with Crippen LogP contribution in [0.1, 0.15) is 35.2 Å². The monoisotopic (exact) mass is 203 g/mol.